The lowest BCUT2D eigenvalue weighted by Crippen LogP contribution is -2.38. The maximum atomic E-state index is 12.3. The first kappa shape index (κ1) is 13.8. The number of likely N-dealkylation sites (tertiary alicyclic amines) is 1. The summed E-state index contributed by atoms with van der Waals surface area (Å²) in [5.74, 6) is -2.11. The summed E-state index contributed by atoms with van der Waals surface area (Å²) in [6, 6.07) is -0.00779. The van der Waals surface area contributed by atoms with Crippen molar-refractivity contribution in [2.24, 2.45) is 17.3 Å². The zero-order valence-electron chi connectivity index (χ0n) is 11.5. The second-order valence-electron chi connectivity index (χ2n) is 6.09. The van der Waals surface area contributed by atoms with Crippen LogP contribution in [0.4, 0.5) is 0 Å². The summed E-state index contributed by atoms with van der Waals surface area (Å²) in [4.78, 5) is 36.1. The van der Waals surface area contributed by atoms with Crippen LogP contribution in [0.5, 0.6) is 0 Å². The van der Waals surface area contributed by atoms with Gasteiger partial charge in [-0.2, -0.15) is 0 Å². The molecule has 2 N–H and O–H groups in total. The van der Waals surface area contributed by atoms with Crippen molar-refractivity contribution < 1.29 is 19.5 Å². The van der Waals surface area contributed by atoms with E-state index in [-0.39, 0.29) is 17.9 Å². The van der Waals surface area contributed by atoms with Gasteiger partial charge in [-0.15, -0.1) is 0 Å². The SMILES string of the molecule is CC(=O)NC1CCN(C(=O)[C@H]2[C@@H](C(=O)O)C2(C)C)C1. The lowest BCUT2D eigenvalue weighted by molar-refractivity contribution is -0.141. The summed E-state index contributed by atoms with van der Waals surface area (Å²) >= 11 is 0. The van der Waals surface area contributed by atoms with Gasteiger partial charge in [-0.1, -0.05) is 13.8 Å². The highest BCUT2D eigenvalue weighted by Gasteiger charge is 2.66. The molecular formula is C13H20N2O4. The van der Waals surface area contributed by atoms with Gasteiger partial charge in [0.25, 0.3) is 0 Å². The van der Waals surface area contributed by atoms with Gasteiger partial charge in [0, 0.05) is 26.1 Å². The number of carbonyl (C=O) groups is 3. The van der Waals surface area contributed by atoms with Crippen molar-refractivity contribution in [3.05, 3.63) is 0 Å². The normalized spacial score (nSPS) is 31.9. The molecule has 2 amide bonds. The van der Waals surface area contributed by atoms with Crippen molar-refractivity contribution in [1.82, 2.24) is 10.2 Å². The highest BCUT2D eigenvalue weighted by atomic mass is 16.4. The van der Waals surface area contributed by atoms with E-state index < -0.39 is 23.2 Å². The van der Waals surface area contributed by atoms with Crippen molar-refractivity contribution in [3.8, 4) is 0 Å². The molecule has 2 aliphatic rings. The Balaban J connectivity index is 1.96. The molecule has 2 rings (SSSR count). The average molecular weight is 268 g/mol. The van der Waals surface area contributed by atoms with E-state index in [9.17, 15) is 14.4 Å². The first-order valence-electron chi connectivity index (χ1n) is 6.54. The number of rotatable bonds is 3. The van der Waals surface area contributed by atoms with E-state index in [0.717, 1.165) is 6.42 Å². The Labute approximate surface area is 112 Å². The van der Waals surface area contributed by atoms with Gasteiger partial charge in [0.2, 0.25) is 11.8 Å². The second-order valence-corrected chi connectivity index (χ2v) is 6.09. The van der Waals surface area contributed by atoms with Gasteiger partial charge in [0.05, 0.1) is 11.8 Å². The van der Waals surface area contributed by atoms with E-state index in [1.165, 1.54) is 6.92 Å². The van der Waals surface area contributed by atoms with Crippen LogP contribution in [0.25, 0.3) is 0 Å². The van der Waals surface area contributed by atoms with E-state index in [1.54, 1.807) is 4.90 Å². The highest BCUT2D eigenvalue weighted by molar-refractivity contribution is 5.91. The van der Waals surface area contributed by atoms with Crippen LogP contribution in [0.3, 0.4) is 0 Å². The molecule has 106 valence electrons. The summed E-state index contributed by atoms with van der Waals surface area (Å²) in [5, 5.41) is 11.9. The molecule has 2 fully saturated rings. The minimum atomic E-state index is -0.902. The van der Waals surface area contributed by atoms with Gasteiger partial charge in [0.15, 0.2) is 0 Å². The van der Waals surface area contributed by atoms with E-state index in [1.807, 2.05) is 13.8 Å². The van der Waals surface area contributed by atoms with E-state index in [0.29, 0.717) is 13.1 Å². The van der Waals surface area contributed by atoms with Crippen molar-refractivity contribution in [1.29, 1.82) is 0 Å². The molecule has 1 unspecified atom stereocenters. The molecule has 1 saturated heterocycles. The fourth-order valence-corrected chi connectivity index (χ4v) is 3.12. The molecule has 19 heavy (non-hydrogen) atoms. The van der Waals surface area contributed by atoms with E-state index >= 15 is 0 Å². The molecule has 0 spiro atoms. The zero-order valence-corrected chi connectivity index (χ0v) is 11.5. The average Bonchev–Trinajstić information content (AvgIpc) is 2.65. The molecule has 1 heterocycles. The molecule has 1 aliphatic heterocycles. The number of carboxylic acid groups (broad SMARTS) is 1. The van der Waals surface area contributed by atoms with Gasteiger partial charge in [-0.3, -0.25) is 14.4 Å². The van der Waals surface area contributed by atoms with Crippen LogP contribution in [0.15, 0.2) is 0 Å². The molecule has 0 aromatic heterocycles. The lowest BCUT2D eigenvalue weighted by atomic mass is 10.1. The molecule has 0 radical (unpaired) electrons. The quantitative estimate of drug-likeness (QED) is 0.759. The summed E-state index contributed by atoms with van der Waals surface area (Å²) in [7, 11) is 0. The van der Waals surface area contributed by atoms with Gasteiger partial charge < -0.3 is 15.3 Å². The van der Waals surface area contributed by atoms with Gasteiger partial charge in [0.1, 0.15) is 0 Å². The Morgan fingerprint density at radius 1 is 1.26 bits per heavy atom. The fourth-order valence-electron chi connectivity index (χ4n) is 3.12. The predicted octanol–water partition coefficient (Wildman–Crippen LogP) is 0.0802. The van der Waals surface area contributed by atoms with Gasteiger partial charge in [-0.25, -0.2) is 0 Å². The first-order chi connectivity index (χ1) is 8.75. The van der Waals surface area contributed by atoms with Crippen LogP contribution < -0.4 is 5.32 Å². The molecule has 0 aromatic rings. The van der Waals surface area contributed by atoms with Gasteiger partial charge in [-0.05, 0) is 11.8 Å². The Kier molecular flexibility index (Phi) is 3.28. The number of nitrogens with zero attached hydrogens (tertiary/aromatic N) is 1. The van der Waals surface area contributed by atoms with Crippen LogP contribution in [0, 0.1) is 17.3 Å². The molecule has 1 aliphatic carbocycles. The highest BCUT2D eigenvalue weighted by Crippen LogP contribution is 2.59. The second kappa shape index (κ2) is 4.51. The largest absolute Gasteiger partial charge is 0.481 e. The van der Waals surface area contributed by atoms with E-state index in [4.69, 9.17) is 5.11 Å². The molecule has 0 bridgehead atoms. The third-order valence-corrected chi connectivity index (χ3v) is 4.27. The Hall–Kier alpha value is -1.59. The van der Waals surface area contributed by atoms with E-state index in [2.05, 4.69) is 5.32 Å². The van der Waals surface area contributed by atoms with Gasteiger partial charge >= 0.3 is 5.97 Å². The predicted molar refractivity (Wildman–Crippen MR) is 67.2 cm³/mol. The maximum Gasteiger partial charge on any atom is 0.307 e. The van der Waals surface area contributed by atoms with Crippen molar-refractivity contribution in [3.63, 3.8) is 0 Å². The smallest absolute Gasteiger partial charge is 0.307 e. The number of hydrogen-bond donors (Lipinski definition) is 2. The molecular weight excluding hydrogens is 248 g/mol. The van der Waals surface area contributed by atoms with Crippen LogP contribution >= 0.6 is 0 Å². The van der Waals surface area contributed by atoms with Crippen LogP contribution in [-0.4, -0.2) is 46.9 Å². The zero-order chi connectivity index (χ0) is 14.4. The minimum Gasteiger partial charge on any atom is -0.481 e. The standard InChI is InChI=1S/C13H20N2O4/c1-7(16)14-8-4-5-15(6-8)11(17)9-10(12(18)19)13(9,2)3/h8-10H,4-6H2,1-3H3,(H,14,16)(H,18,19)/t8?,9-,10+/m1/s1. The third kappa shape index (κ3) is 2.43. The summed E-state index contributed by atoms with van der Waals surface area (Å²) < 4.78 is 0. The lowest BCUT2D eigenvalue weighted by Gasteiger charge is -2.17. The van der Waals surface area contributed by atoms with Crippen molar-refractivity contribution in [2.75, 3.05) is 13.1 Å². The molecule has 6 nitrogen and oxygen atoms in total. The molecule has 1 saturated carbocycles. The minimum absolute atomic E-state index is 0.00779. The van der Waals surface area contributed by atoms with Crippen LogP contribution in [0.2, 0.25) is 0 Å². The third-order valence-electron chi connectivity index (χ3n) is 4.27. The number of carboxylic acids is 1. The fraction of sp³-hybridized carbons (Fsp3) is 0.769. The topological polar surface area (TPSA) is 86.7 Å². The Morgan fingerprint density at radius 2 is 1.89 bits per heavy atom. The summed E-state index contributed by atoms with van der Waals surface area (Å²) in [5.41, 5.74) is -0.463. The number of carbonyl (C=O) groups excluding carboxylic acids is 2. The molecule has 0 aromatic carbocycles. The maximum absolute atomic E-state index is 12.3. The monoisotopic (exact) mass is 268 g/mol. The van der Waals surface area contributed by atoms with Crippen molar-refractivity contribution in [2.45, 2.75) is 33.2 Å². The summed E-state index contributed by atoms with van der Waals surface area (Å²) in [6.45, 7) is 6.15. The number of hydrogen-bond acceptors (Lipinski definition) is 3. The molecule has 3 atom stereocenters. The van der Waals surface area contributed by atoms with Crippen LogP contribution in [0.1, 0.15) is 27.2 Å². The Bertz CT molecular complexity index is 432. The number of amides is 2. The number of nitrogens with one attached hydrogen (secondary N) is 1. The molecule has 6 heteroatoms. The summed E-state index contributed by atoms with van der Waals surface area (Å²) in [6.07, 6.45) is 0.732. The van der Waals surface area contributed by atoms with Crippen molar-refractivity contribution >= 4 is 17.8 Å². The number of aliphatic carboxylic acids is 1. The van der Waals surface area contributed by atoms with Crippen LogP contribution in [-0.2, 0) is 14.4 Å². The Morgan fingerprint density at radius 3 is 2.37 bits per heavy atom. The first-order valence-corrected chi connectivity index (χ1v) is 6.54.